The third-order valence-corrected chi connectivity index (χ3v) is 8.57. The number of hydrogen-bond acceptors (Lipinski definition) is 8. The summed E-state index contributed by atoms with van der Waals surface area (Å²) in [5.41, 5.74) is 2.14. The molecule has 0 aliphatic carbocycles. The molecular formula is C28H34FN5O4S. The number of nitrogens with zero attached hydrogens (tertiary/aromatic N) is 4. The van der Waals surface area contributed by atoms with E-state index in [9.17, 15) is 17.6 Å². The second-order valence-electron chi connectivity index (χ2n) is 10.4. The lowest BCUT2D eigenvalue weighted by Gasteiger charge is -2.35. The van der Waals surface area contributed by atoms with Crippen LogP contribution in [0.3, 0.4) is 0 Å². The lowest BCUT2D eigenvalue weighted by Crippen LogP contribution is -2.46. The third kappa shape index (κ3) is 6.90. The van der Waals surface area contributed by atoms with Gasteiger partial charge in [0.05, 0.1) is 11.4 Å². The van der Waals surface area contributed by atoms with Crippen molar-refractivity contribution in [3.63, 3.8) is 0 Å². The summed E-state index contributed by atoms with van der Waals surface area (Å²) < 4.78 is 45.9. The zero-order chi connectivity index (χ0) is 28.2. The first-order valence-corrected chi connectivity index (χ1v) is 14.3. The first kappa shape index (κ1) is 28.4. The van der Waals surface area contributed by atoms with Crippen molar-refractivity contribution in [3.8, 4) is 16.9 Å². The lowest BCUT2D eigenvalue weighted by molar-refractivity contribution is 0.0974. The van der Waals surface area contributed by atoms with Crippen molar-refractivity contribution in [1.29, 1.82) is 0 Å². The number of aromatic nitrogens is 2. The molecule has 0 radical (unpaired) electrons. The van der Waals surface area contributed by atoms with Crippen LogP contribution in [0.2, 0.25) is 0 Å². The highest BCUT2D eigenvalue weighted by Crippen LogP contribution is 2.27. The van der Waals surface area contributed by atoms with Gasteiger partial charge in [-0.1, -0.05) is 24.3 Å². The fraction of sp³-hybridized carbons (Fsp3) is 0.393. The molecule has 1 fully saturated rings. The van der Waals surface area contributed by atoms with E-state index in [1.165, 1.54) is 26.8 Å². The number of benzene rings is 2. The Morgan fingerprint density at radius 3 is 2.38 bits per heavy atom. The Labute approximate surface area is 229 Å². The zero-order valence-corrected chi connectivity index (χ0v) is 23.5. The molecule has 2 heterocycles. The maximum absolute atomic E-state index is 15.0. The summed E-state index contributed by atoms with van der Waals surface area (Å²) >= 11 is 0. The van der Waals surface area contributed by atoms with Crippen LogP contribution in [0.15, 0.2) is 54.6 Å². The molecule has 1 saturated heterocycles. The van der Waals surface area contributed by atoms with Crippen LogP contribution in [-0.4, -0.2) is 67.0 Å². The Morgan fingerprint density at radius 1 is 1.03 bits per heavy atom. The maximum Gasteiger partial charge on any atom is 0.285 e. The summed E-state index contributed by atoms with van der Waals surface area (Å²) in [6, 6.07) is 15.9. The van der Waals surface area contributed by atoms with Crippen molar-refractivity contribution in [2.75, 3.05) is 37.7 Å². The largest absolute Gasteiger partial charge is 0.494 e. The molecule has 1 amide bonds. The van der Waals surface area contributed by atoms with Gasteiger partial charge in [-0.2, -0.15) is 0 Å². The van der Waals surface area contributed by atoms with E-state index < -0.39 is 20.7 Å². The van der Waals surface area contributed by atoms with Gasteiger partial charge in [-0.3, -0.25) is 9.69 Å². The molecule has 11 heteroatoms. The Balaban J connectivity index is 1.32. The van der Waals surface area contributed by atoms with Crippen LogP contribution in [0, 0.1) is 5.82 Å². The van der Waals surface area contributed by atoms with Gasteiger partial charge in [0.25, 0.3) is 5.91 Å². The van der Waals surface area contributed by atoms with Crippen molar-refractivity contribution >= 4 is 21.7 Å². The summed E-state index contributed by atoms with van der Waals surface area (Å²) in [5, 5.41) is 8.07. The molecule has 1 N–H and O–H groups in total. The predicted molar refractivity (Wildman–Crippen MR) is 149 cm³/mol. The van der Waals surface area contributed by atoms with Crippen LogP contribution in [0.4, 0.5) is 10.2 Å². The number of hydrogen-bond donors (Lipinski definition) is 1. The summed E-state index contributed by atoms with van der Waals surface area (Å²) in [7, 11) is -3.84. The van der Waals surface area contributed by atoms with E-state index in [4.69, 9.17) is 4.74 Å². The molecule has 1 aliphatic heterocycles. The number of carbonyl (C=O) groups excluding carboxylic acids is 1. The molecule has 4 rings (SSSR count). The highest BCUT2D eigenvalue weighted by Gasteiger charge is 2.31. The van der Waals surface area contributed by atoms with E-state index in [1.54, 1.807) is 12.1 Å². The zero-order valence-electron chi connectivity index (χ0n) is 22.6. The van der Waals surface area contributed by atoms with E-state index in [1.807, 2.05) is 52.9 Å². The van der Waals surface area contributed by atoms with Gasteiger partial charge in [-0.25, -0.2) is 17.5 Å². The highest BCUT2D eigenvalue weighted by molar-refractivity contribution is 7.91. The minimum atomic E-state index is -3.84. The van der Waals surface area contributed by atoms with Gasteiger partial charge >= 0.3 is 0 Å². The second kappa shape index (κ2) is 11.7. The van der Waals surface area contributed by atoms with Crippen LogP contribution < -0.4 is 14.4 Å². The van der Waals surface area contributed by atoms with Crippen LogP contribution >= 0.6 is 0 Å². The van der Waals surface area contributed by atoms with Gasteiger partial charge in [0.15, 0.2) is 11.5 Å². The monoisotopic (exact) mass is 555 g/mol. The van der Waals surface area contributed by atoms with E-state index in [2.05, 4.69) is 15.1 Å². The number of carbonyl (C=O) groups is 1. The molecule has 0 saturated carbocycles. The number of ether oxygens (including phenoxy) is 1. The summed E-state index contributed by atoms with van der Waals surface area (Å²) in [6.07, 6.45) is 0. The van der Waals surface area contributed by atoms with E-state index in [-0.39, 0.29) is 11.5 Å². The number of sulfonamides is 1. The second-order valence-corrected chi connectivity index (χ2v) is 12.8. The van der Waals surface area contributed by atoms with Gasteiger partial charge < -0.3 is 9.64 Å². The Bertz CT molecular complexity index is 1420. The molecule has 9 nitrogen and oxygen atoms in total. The predicted octanol–water partition coefficient (Wildman–Crippen LogP) is 3.86. The number of rotatable bonds is 8. The van der Waals surface area contributed by atoms with Crippen molar-refractivity contribution < 1.29 is 22.3 Å². The maximum atomic E-state index is 15.0. The van der Waals surface area contributed by atoms with Crippen molar-refractivity contribution in [1.82, 2.24) is 19.8 Å². The van der Waals surface area contributed by atoms with Crippen molar-refractivity contribution in [2.24, 2.45) is 0 Å². The molecule has 0 bridgehead atoms. The average molecular weight is 556 g/mol. The number of piperazine rings is 1. The van der Waals surface area contributed by atoms with Crippen LogP contribution in [0.1, 0.15) is 43.7 Å². The Kier molecular flexibility index (Phi) is 8.51. The summed E-state index contributed by atoms with van der Waals surface area (Å²) in [4.78, 5) is 16.6. The smallest absolute Gasteiger partial charge is 0.285 e. The van der Waals surface area contributed by atoms with Gasteiger partial charge in [0, 0.05) is 38.3 Å². The average Bonchev–Trinajstić information content (AvgIpc) is 2.89. The lowest BCUT2D eigenvalue weighted by atomic mass is 10.0. The SMILES string of the molecule is CCOc1cccc(-c2ccc(CN3CCN(c4ccc(C(=O)NS(=O)(=O)C(C)(C)C)nn4)CC3)cc2F)c1. The van der Waals surface area contributed by atoms with E-state index >= 15 is 0 Å². The minimum absolute atomic E-state index is 0.0692. The number of amides is 1. The third-order valence-electron chi connectivity index (χ3n) is 6.51. The van der Waals surface area contributed by atoms with E-state index in [0.717, 1.165) is 24.2 Å². The number of halogens is 1. The molecule has 0 unspecified atom stereocenters. The van der Waals surface area contributed by atoms with E-state index in [0.29, 0.717) is 43.4 Å². The molecular weight excluding hydrogens is 521 g/mol. The first-order chi connectivity index (χ1) is 18.5. The van der Waals surface area contributed by atoms with Crippen LogP contribution in [-0.2, 0) is 16.6 Å². The minimum Gasteiger partial charge on any atom is -0.494 e. The molecule has 1 aromatic heterocycles. The van der Waals surface area contributed by atoms with Crippen LogP contribution in [0.25, 0.3) is 11.1 Å². The van der Waals surface area contributed by atoms with Gasteiger partial charge in [-0.05, 0) is 69.2 Å². The molecule has 39 heavy (non-hydrogen) atoms. The summed E-state index contributed by atoms with van der Waals surface area (Å²) in [5.74, 6) is 0.241. The highest BCUT2D eigenvalue weighted by atomic mass is 32.2. The Morgan fingerprint density at radius 2 is 1.77 bits per heavy atom. The van der Waals surface area contributed by atoms with Gasteiger partial charge in [0.2, 0.25) is 10.0 Å². The fourth-order valence-electron chi connectivity index (χ4n) is 4.15. The van der Waals surface area contributed by atoms with Gasteiger partial charge in [-0.15, -0.1) is 10.2 Å². The van der Waals surface area contributed by atoms with Crippen molar-refractivity contribution in [3.05, 3.63) is 71.7 Å². The number of anilines is 1. The van der Waals surface area contributed by atoms with Crippen molar-refractivity contribution in [2.45, 2.75) is 39.0 Å². The topological polar surface area (TPSA) is 105 Å². The standard InChI is InChI=1S/C28H34FN5O4S/c1-5-38-22-8-6-7-21(18-22)23-10-9-20(17-24(23)29)19-33-13-15-34(16-14-33)26-12-11-25(30-31-26)27(35)32-39(36,37)28(2,3)4/h6-12,17-18H,5,13-16,19H2,1-4H3,(H,32,35). The van der Waals surface area contributed by atoms with Gasteiger partial charge in [0.1, 0.15) is 11.6 Å². The quantitative estimate of drug-likeness (QED) is 0.447. The molecule has 208 valence electrons. The fourth-order valence-corrected chi connectivity index (χ4v) is 4.80. The molecule has 3 aromatic rings. The molecule has 0 atom stereocenters. The van der Waals surface area contributed by atoms with Crippen LogP contribution in [0.5, 0.6) is 5.75 Å². The normalized spacial score (nSPS) is 14.7. The first-order valence-electron chi connectivity index (χ1n) is 12.9. The summed E-state index contributed by atoms with van der Waals surface area (Å²) in [6.45, 7) is 10.5. The molecule has 2 aromatic carbocycles. The molecule has 0 spiro atoms. The Hall–Kier alpha value is -3.57. The molecule has 1 aliphatic rings. The number of nitrogens with one attached hydrogen (secondary N) is 1.